The van der Waals surface area contributed by atoms with Crippen molar-refractivity contribution in [2.24, 2.45) is 0 Å². The zero-order chi connectivity index (χ0) is 17.3. The molecule has 2 aliphatic heterocycles. The molecule has 0 saturated carbocycles. The third-order valence-electron chi connectivity index (χ3n) is 5.32. The number of hydrogen-bond acceptors (Lipinski definition) is 5. The van der Waals surface area contributed by atoms with Crippen LogP contribution in [0, 0.1) is 13.8 Å². The minimum absolute atomic E-state index is 0.335. The number of benzene rings is 1. The van der Waals surface area contributed by atoms with E-state index in [4.69, 9.17) is 4.74 Å². The van der Waals surface area contributed by atoms with E-state index in [1.54, 1.807) is 23.5 Å². The predicted molar refractivity (Wildman–Crippen MR) is 94.1 cm³/mol. The highest BCUT2D eigenvalue weighted by Crippen LogP contribution is 2.30. The molecule has 0 aromatic heterocycles. The van der Waals surface area contributed by atoms with Crippen molar-refractivity contribution >= 4 is 10.0 Å². The van der Waals surface area contributed by atoms with E-state index >= 15 is 0 Å². The molecule has 134 valence electrons. The fourth-order valence-corrected chi connectivity index (χ4v) is 5.46. The van der Waals surface area contributed by atoms with Gasteiger partial charge in [-0.15, -0.1) is 0 Å². The van der Waals surface area contributed by atoms with Crippen LogP contribution in [0.4, 0.5) is 0 Å². The summed E-state index contributed by atoms with van der Waals surface area (Å²) in [6.45, 7) is 8.92. The Kier molecular flexibility index (Phi) is 5.15. The third-order valence-corrected chi connectivity index (χ3v) is 7.33. The summed E-state index contributed by atoms with van der Waals surface area (Å²) in [7, 11) is -1.85. The largest absolute Gasteiger partial charge is 0.496 e. The second kappa shape index (κ2) is 7.00. The Morgan fingerprint density at radius 2 is 1.83 bits per heavy atom. The maximum atomic E-state index is 13.1. The van der Waals surface area contributed by atoms with Crippen LogP contribution in [0.5, 0.6) is 5.75 Å². The topological polar surface area (TPSA) is 61.9 Å². The zero-order valence-electron chi connectivity index (χ0n) is 14.7. The fraction of sp³-hybridized carbons (Fsp3) is 0.647. The molecule has 6 nitrogen and oxygen atoms in total. The summed E-state index contributed by atoms with van der Waals surface area (Å²) in [6, 6.07) is 3.76. The smallest absolute Gasteiger partial charge is 0.243 e. The second-order valence-corrected chi connectivity index (χ2v) is 8.51. The lowest BCUT2D eigenvalue weighted by molar-refractivity contribution is 0.179. The van der Waals surface area contributed by atoms with Gasteiger partial charge in [-0.3, -0.25) is 4.90 Å². The molecule has 0 amide bonds. The predicted octanol–water partition coefficient (Wildman–Crippen LogP) is 0.980. The third kappa shape index (κ3) is 3.18. The first-order valence-electron chi connectivity index (χ1n) is 8.54. The fourth-order valence-electron chi connectivity index (χ4n) is 3.68. The number of hydrogen-bond donors (Lipinski definition) is 1. The van der Waals surface area contributed by atoms with Crippen LogP contribution in [0.1, 0.15) is 17.5 Å². The molecule has 2 aliphatic rings. The van der Waals surface area contributed by atoms with E-state index in [0.29, 0.717) is 24.0 Å². The van der Waals surface area contributed by atoms with E-state index < -0.39 is 10.0 Å². The molecule has 3 rings (SSSR count). The molecule has 0 bridgehead atoms. The number of ether oxygens (including phenoxy) is 1. The van der Waals surface area contributed by atoms with Gasteiger partial charge in [-0.2, -0.15) is 4.31 Å². The first-order chi connectivity index (χ1) is 11.4. The molecule has 2 heterocycles. The van der Waals surface area contributed by atoms with Crippen molar-refractivity contribution in [3.05, 3.63) is 23.3 Å². The zero-order valence-corrected chi connectivity index (χ0v) is 15.5. The lowest BCUT2D eigenvalue weighted by Crippen LogP contribution is -2.49. The van der Waals surface area contributed by atoms with Gasteiger partial charge in [-0.1, -0.05) is 0 Å². The summed E-state index contributed by atoms with van der Waals surface area (Å²) in [4.78, 5) is 2.82. The molecule has 1 atom stereocenters. The van der Waals surface area contributed by atoms with Crippen molar-refractivity contribution in [2.75, 3.05) is 46.4 Å². The van der Waals surface area contributed by atoms with Gasteiger partial charge in [0, 0.05) is 45.3 Å². The quantitative estimate of drug-likeness (QED) is 0.874. The Labute approximate surface area is 144 Å². The molecule has 7 heteroatoms. The average Bonchev–Trinajstić information content (AvgIpc) is 3.09. The Morgan fingerprint density at radius 3 is 2.50 bits per heavy atom. The molecule has 0 spiro atoms. The number of piperazine rings is 1. The van der Waals surface area contributed by atoms with Crippen LogP contribution in [-0.2, 0) is 10.0 Å². The van der Waals surface area contributed by atoms with E-state index in [1.165, 1.54) is 0 Å². The molecule has 1 aromatic carbocycles. The van der Waals surface area contributed by atoms with Gasteiger partial charge in [-0.25, -0.2) is 8.42 Å². The number of nitrogens with zero attached hydrogens (tertiary/aromatic N) is 2. The van der Waals surface area contributed by atoms with E-state index in [-0.39, 0.29) is 0 Å². The molecule has 1 aromatic rings. The Bertz CT molecular complexity index is 699. The molecule has 0 radical (unpaired) electrons. The normalized spacial score (nSPS) is 23.5. The Morgan fingerprint density at radius 1 is 1.12 bits per heavy atom. The van der Waals surface area contributed by atoms with Crippen LogP contribution in [0.25, 0.3) is 0 Å². The van der Waals surface area contributed by atoms with Crippen molar-refractivity contribution in [2.45, 2.75) is 31.2 Å². The summed E-state index contributed by atoms with van der Waals surface area (Å²) in [5, 5.41) is 3.34. The molecular formula is C17H27N3O3S. The monoisotopic (exact) mass is 353 g/mol. The summed E-state index contributed by atoms with van der Waals surface area (Å²) < 4.78 is 33.1. The van der Waals surface area contributed by atoms with Gasteiger partial charge in [0.25, 0.3) is 0 Å². The lowest BCUT2D eigenvalue weighted by Gasteiger charge is -2.32. The molecule has 0 aliphatic carbocycles. The minimum Gasteiger partial charge on any atom is -0.496 e. The van der Waals surface area contributed by atoms with Crippen molar-refractivity contribution in [1.29, 1.82) is 0 Å². The van der Waals surface area contributed by atoms with Crippen molar-refractivity contribution in [1.82, 2.24) is 14.5 Å². The van der Waals surface area contributed by atoms with Gasteiger partial charge in [-0.05, 0) is 43.5 Å². The van der Waals surface area contributed by atoms with Crippen LogP contribution < -0.4 is 10.1 Å². The van der Waals surface area contributed by atoms with E-state index in [1.807, 2.05) is 13.8 Å². The van der Waals surface area contributed by atoms with Crippen LogP contribution >= 0.6 is 0 Å². The van der Waals surface area contributed by atoms with Crippen LogP contribution in [0.15, 0.2) is 17.0 Å². The molecule has 1 unspecified atom stereocenters. The molecule has 2 fully saturated rings. The van der Waals surface area contributed by atoms with E-state index in [2.05, 4.69) is 10.2 Å². The van der Waals surface area contributed by atoms with Crippen molar-refractivity contribution in [3.8, 4) is 5.75 Å². The average molecular weight is 353 g/mol. The molecule has 24 heavy (non-hydrogen) atoms. The standard InChI is InChI=1S/C17H27N3O3S/c1-13-14(2)17(5-4-16(13)23-3)24(21,22)20-9-6-15(12-20)19-10-7-18-8-11-19/h4-5,15,18H,6-12H2,1-3H3. The maximum absolute atomic E-state index is 13.1. The van der Waals surface area contributed by atoms with Gasteiger partial charge in [0.15, 0.2) is 0 Å². The van der Waals surface area contributed by atoms with E-state index in [0.717, 1.165) is 49.5 Å². The summed E-state index contributed by atoms with van der Waals surface area (Å²) in [6.07, 6.45) is 0.910. The van der Waals surface area contributed by atoms with Crippen LogP contribution in [0.3, 0.4) is 0 Å². The number of sulfonamides is 1. The first kappa shape index (κ1) is 17.7. The van der Waals surface area contributed by atoms with E-state index in [9.17, 15) is 8.42 Å². The summed E-state index contributed by atoms with van der Waals surface area (Å²) in [5.41, 5.74) is 1.66. The highest BCUT2D eigenvalue weighted by Gasteiger charge is 2.36. The molecule has 1 N–H and O–H groups in total. The summed E-state index contributed by atoms with van der Waals surface area (Å²) >= 11 is 0. The molecule has 2 saturated heterocycles. The number of methoxy groups -OCH3 is 1. The highest BCUT2D eigenvalue weighted by molar-refractivity contribution is 7.89. The highest BCUT2D eigenvalue weighted by atomic mass is 32.2. The van der Waals surface area contributed by atoms with Gasteiger partial charge in [0.05, 0.1) is 12.0 Å². The van der Waals surface area contributed by atoms with Gasteiger partial charge < -0.3 is 10.1 Å². The van der Waals surface area contributed by atoms with Gasteiger partial charge in [0.2, 0.25) is 10.0 Å². The Hall–Kier alpha value is -1.15. The Balaban J connectivity index is 1.80. The van der Waals surface area contributed by atoms with Crippen molar-refractivity contribution < 1.29 is 13.2 Å². The van der Waals surface area contributed by atoms with Gasteiger partial charge >= 0.3 is 0 Å². The number of rotatable bonds is 4. The SMILES string of the molecule is COc1ccc(S(=O)(=O)N2CCC(N3CCNCC3)C2)c(C)c1C. The van der Waals surface area contributed by atoms with Crippen LogP contribution in [0.2, 0.25) is 0 Å². The first-order valence-corrected chi connectivity index (χ1v) is 9.98. The minimum atomic E-state index is -3.45. The molecular weight excluding hydrogens is 326 g/mol. The van der Waals surface area contributed by atoms with Crippen LogP contribution in [-0.4, -0.2) is 70.0 Å². The lowest BCUT2D eigenvalue weighted by atomic mass is 10.1. The van der Waals surface area contributed by atoms with Gasteiger partial charge in [0.1, 0.15) is 5.75 Å². The van der Waals surface area contributed by atoms with Crippen molar-refractivity contribution in [3.63, 3.8) is 0 Å². The number of nitrogens with one attached hydrogen (secondary N) is 1. The maximum Gasteiger partial charge on any atom is 0.243 e. The summed E-state index contributed by atoms with van der Waals surface area (Å²) in [5.74, 6) is 0.728. The second-order valence-electron chi connectivity index (χ2n) is 6.61.